The highest BCUT2D eigenvalue weighted by atomic mass is 79.9. The number of ether oxygens (including phenoxy) is 1. The zero-order chi connectivity index (χ0) is 19.7. The summed E-state index contributed by atoms with van der Waals surface area (Å²) in [6.07, 6.45) is 1.72. The minimum atomic E-state index is -1.17. The quantitative estimate of drug-likeness (QED) is 0.691. The molecular weight excluding hydrogens is 436 g/mol. The van der Waals surface area contributed by atoms with Crippen molar-refractivity contribution in [3.63, 3.8) is 0 Å². The molecule has 0 aliphatic carbocycles. The number of rotatable bonds is 4. The van der Waals surface area contributed by atoms with Gasteiger partial charge >= 0.3 is 5.97 Å². The van der Waals surface area contributed by atoms with Crippen LogP contribution >= 0.6 is 27.5 Å². The molecule has 0 atom stereocenters. The number of nitrogens with zero attached hydrogens (tertiary/aromatic N) is 2. The highest BCUT2D eigenvalue weighted by Gasteiger charge is 2.29. The number of benzene rings is 2. The van der Waals surface area contributed by atoms with E-state index >= 15 is 0 Å². The van der Waals surface area contributed by atoms with E-state index in [-0.39, 0.29) is 16.5 Å². The lowest BCUT2D eigenvalue weighted by molar-refractivity contribution is -0.114. The van der Waals surface area contributed by atoms with Crippen molar-refractivity contribution >= 4 is 56.9 Å². The number of hydrogen-bond donors (Lipinski definition) is 1. The van der Waals surface area contributed by atoms with Crippen molar-refractivity contribution in [3.8, 4) is 5.75 Å². The number of hydrazone groups is 1. The van der Waals surface area contributed by atoms with E-state index in [1.54, 1.807) is 32.2 Å². The van der Waals surface area contributed by atoms with Gasteiger partial charge in [0.15, 0.2) is 0 Å². The molecule has 0 bridgehead atoms. The number of halogens is 2. The topological polar surface area (TPSA) is 79.2 Å². The van der Waals surface area contributed by atoms with Gasteiger partial charge in [0.1, 0.15) is 5.75 Å². The van der Waals surface area contributed by atoms with Gasteiger partial charge < -0.3 is 9.84 Å². The van der Waals surface area contributed by atoms with Crippen molar-refractivity contribution in [1.29, 1.82) is 0 Å². The highest BCUT2D eigenvalue weighted by Crippen LogP contribution is 2.30. The molecular formula is C19H14BrClN2O4. The standard InChI is InChI=1S/C19H14BrClN2O4/c1-10-13(7-11-3-6-17(27-2)15(20)8-11)18(24)23(22-10)12-4-5-16(21)14(9-12)19(25)26/h3-9H,1-2H3,(H,25,26)/b13-7-. The second kappa shape index (κ2) is 7.54. The van der Waals surface area contributed by atoms with E-state index < -0.39 is 5.97 Å². The molecule has 0 saturated carbocycles. The first-order valence-corrected chi connectivity index (χ1v) is 8.97. The van der Waals surface area contributed by atoms with Crippen LogP contribution in [0.2, 0.25) is 5.02 Å². The monoisotopic (exact) mass is 448 g/mol. The molecule has 8 heteroatoms. The summed E-state index contributed by atoms with van der Waals surface area (Å²) in [5.74, 6) is -0.838. The number of carboxylic acid groups (broad SMARTS) is 1. The van der Waals surface area contributed by atoms with Crippen LogP contribution in [0.3, 0.4) is 0 Å². The van der Waals surface area contributed by atoms with E-state index in [4.69, 9.17) is 16.3 Å². The van der Waals surface area contributed by atoms with Crippen LogP contribution in [0.25, 0.3) is 6.08 Å². The van der Waals surface area contributed by atoms with Crippen molar-refractivity contribution < 1.29 is 19.4 Å². The lowest BCUT2D eigenvalue weighted by Crippen LogP contribution is -2.21. The minimum absolute atomic E-state index is 0.0914. The molecule has 0 aromatic heterocycles. The zero-order valence-corrected chi connectivity index (χ0v) is 16.7. The fourth-order valence-corrected chi connectivity index (χ4v) is 3.36. The molecule has 6 nitrogen and oxygen atoms in total. The number of carbonyl (C=O) groups is 2. The first kappa shape index (κ1) is 19.1. The summed E-state index contributed by atoms with van der Waals surface area (Å²) in [6.45, 7) is 1.72. The molecule has 1 aliphatic heterocycles. The van der Waals surface area contributed by atoms with Crippen LogP contribution in [-0.2, 0) is 4.79 Å². The zero-order valence-electron chi connectivity index (χ0n) is 14.4. The Hall–Kier alpha value is -2.64. The number of methoxy groups -OCH3 is 1. The molecule has 0 fully saturated rings. The molecule has 1 N–H and O–H groups in total. The minimum Gasteiger partial charge on any atom is -0.496 e. The maximum absolute atomic E-state index is 12.8. The van der Waals surface area contributed by atoms with Crippen molar-refractivity contribution in [2.45, 2.75) is 6.92 Å². The molecule has 3 rings (SSSR count). The van der Waals surface area contributed by atoms with Crippen LogP contribution in [-0.4, -0.2) is 29.8 Å². The van der Waals surface area contributed by atoms with E-state index in [9.17, 15) is 14.7 Å². The van der Waals surface area contributed by atoms with Gasteiger partial charge in [0, 0.05) is 0 Å². The summed E-state index contributed by atoms with van der Waals surface area (Å²) in [5, 5.41) is 14.7. The first-order chi connectivity index (χ1) is 12.8. The van der Waals surface area contributed by atoms with Gasteiger partial charge in [-0.15, -0.1) is 0 Å². The molecule has 0 radical (unpaired) electrons. The molecule has 2 aromatic rings. The molecule has 1 heterocycles. The van der Waals surface area contributed by atoms with Crippen LogP contribution in [0, 0.1) is 0 Å². The highest BCUT2D eigenvalue weighted by molar-refractivity contribution is 9.10. The summed E-state index contributed by atoms with van der Waals surface area (Å²) in [5.41, 5.74) is 1.98. The third kappa shape index (κ3) is 3.74. The lowest BCUT2D eigenvalue weighted by atomic mass is 10.1. The number of aromatic carboxylic acids is 1. The average Bonchev–Trinajstić information content (AvgIpc) is 2.90. The Labute approximate surface area is 168 Å². The fourth-order valence-electron chi connectivity index (χ4n) is 2.61. The van der Waals surface area contributed by atoms with Crippen LogP contribution in [0.4, 0.5) is 5.69 Å². The molecule has 1 aliphatic rings. The Balaban J connectivity index is 1.96. The second-order valence-corrected chi connectivity index (χ2v) is 6.99. The van der Waals surface area contributed by atoms with Crippen LogP contribution in [0.1, 0.15) is 22.8 Å². The third-order valence-corrected chi connectivity index (χ3v) is 4.92. The average molecular weight is 450 g/mol. The first-order valence-electron chi connectivity index (χ1n) is 7.80. The molecule has 0 unspecified atom stereocenters. The molecule has 0 spiro atoms. The van der Waals surface area contributed by atoms with Crippen LogP contribution in [0.5, 0.6) is 5.75 Å². The maximum atomic E-state index is 12.8. The Bertz CT molecular complexity index is 1020. The van der Waals surface area contributed by atoms with Crippen LogP contribution in [0.15, 0.2) is 51.5 Å². The predicted octanol–water partition coefficient (Wildman–Crippen LogP) is 4.62. The van der Waals surface area contributed by atoms with E-state index in [1.165, 1.54) is 17.1 Å². The van der Waals surface area contributed by atoms with Crippen molar-refractivity contribution in [3.05, 3.63) is 62.6 Å². The summed E-state index contributed by atoms with van der Waals surface area (Å²) in [4.78, 5) is 24.1. The lowest BCUT2D eigenvalue weighted by Gasteiger charge is -2.13. The van der Waals surface area contributed by atoms with Crippen molar-refractivity contribution in [2.24, 2.45) is 5.10 Å². The Morgan fingerprint density at radius 3 is 2.67 bits per heavy atom. The van der Waals surface area contributed by atoms with Gasteiger partial charge in [-0.3, -0.25) is 4.79 Å². The van der Waals surface area contributed by atoms with Gasteiger partial charge in [-0.25, -0.2) is 4.79 Å². The number of carboxylic acids is 1. The van der Waals surface area contributed by atoms with Crippen molar-refractivity contribution in [2.75, 3.05) is 12.1 Å². The number of carbonyl (C=O) groups excluding carboxylic acids is 1. The van der Waals surface area contributed by atoms with Gasteiger partial charge in [-0.2, -0.15) is 10.1 Å². The maximum Gasteiger partial charge on any atom is 0.337 e. The van der Waals surface area contributed by atoms with Crippen molar-refractivity contribution in [1.82, 2.24) is 0 Å². The largest absolute Gasteiger partial charge is 0.496 e. The predicted molar refractivity (Wildman–Crippen MR) is 108 cm³/mol. The molecule has 1 amide bonds. The summed E-state index contributed by atoms with van der Waals surface area (Å²) >= 11 is 9.31. The van der Waals surface area contributed by atoms with E-state index in [2.05, 4.69) is 21.0 Å². The summed E-state index contributed by atoms with van der Waals surface area (Å²) in [7, 11) is 1.57. The van der Waals surface area contributed by atoms with E-state index in [0.29, 0.717) is 22.7 Å². The Morgan fingerprint density at radius 2 is 2.04 bits per heavy atom. The van der Waals surface area contributed by atoms with Gasteiger partial charge in [0.05, 0.1) is 39.1 Å². The third-order valence-electron chi connectivity index (χ3n) is 3.97. The number of hydrogen-bond acceptors (Lipinski definition) is 4. The smallest absolute Gasteiger partial charge is 0.337 e. The van der Waals surface area contributed by atoms with E-state index in [0.717, 1.165) is 10.0 Å². The summed E-state index contributed by atoms with van der Waals surface area (Å²) < 4.78 is 5.97. The van der Waals surface area contributed by atoms with E-state index in [1.807, 2.05) is 12.1 Å². The summed E-state index contributed by atoms with van der Waals surface area (Å²) in [6, 6.07) is 9.76. The van der Waals surface area contributed by atoms with Gasteiger partial charge in [0.25, 0.3) is 5.91 Å². The number of anilines is 1. The number of amides is 1. The fraction of sp³-hybridized carbons (Fsp3) is 0.105. The molecule has 2 aromatic carbocycles. The Morgan fingerprint density at radius 1 is 1.30 bits per heavy atom. The van der Waals surface area contributed by atoms with Gasteiger partial charge in [0.2, 0.25) is 0 Å². The van der Waals surface area contributed by atoms with Gasteiger partial charge in [-0.05, 0) is 64.8 Å². The molecule has 27 heavy (non-hydrogen) atoms. The second-order valence-electron chi connectivity index (χ2n) is 5.72. The molecule has 138 valence electrons. The SMILES string of the molecule is COc1ccc(/C=C2\C(=O)N(c3ccc(Cl)c(C(=O)O)c3)N=C2C)cc1Br. The normalized spacial score (nSPS) is 15.3. The Kier molecular flexibility index (Phi) is 5.34. The van der Waals surface area contributed by atoms with Gasteiger partial charge in [-0.1, -0.05) is 17.7 Å². The molecule has 0 saturated heterocycles. The van der Waals surface area contributed by atoms with Crippen LogP contribution < -0.4 is 9.75 Å².